The van der Waals surface area contributed by atoms with E-state index in [2.05, 4.69) is 5.32 Å². The molecule has 128 valence electrons. The average molecular weight is 343 g/mol. The SMILES string of the molecule is CCOCC(=O)Nc1ccc(OCC(=O)N(CC)CC)c(Cl)c1. The van der Waals surface area contributed by atoms with Crippen LogP contribution in [-0.4, -0.2) is 49.6 Å². The Morgan fingerprint density at radius 3 is 2.43 bits per heavy atom. The maximum atomic E-state index is 11.9. The number of nitrogens with one attached hydrogen (secondary N) is 1. The minimum atomic E-state index is -0.256. The van der Waals surface area contributed by atoms with Gasteiger partial charge >= 0.3 is 0 Å². The van der Waals surface area contributed by atoms with Crippen molar-refractivity contribution in [2.24, 2.45) is 0 Å². The van der Waals surface area contributed by atoms with Gasteiger partial charge in [0.2, 0.25) is 5.91 Å². The fourth-order valence-corrected chi connectivity index (χ4v) is 2.13. The van der Waals surface area contributed by atoms with Crippen LogP contribution in [0.1, 0.15) is 20.8 Å². The maximum absolute atomic E-state index is 11.9. The molecule has 0 unspecified atom stereocenters. The van der Waals surface area contributed by atoms with Crippen LogP contribution >= 0.6 is 11.6 Å². The van der Waals surface area contributed by atoms with E-state index in [9.17, 15) is 9.59 Å². The molecule has 0 heterocycles. The molecule has 0 spiro atoms. The summed E-state index contributed by atoms with van der Waals surface area (Å²) in [5, 5.41) is 2.99. The number of benzene rings is 1. The van der Waals surface area contributed by atoms with Crippen LogP contribution in [0.15, 0.2) is 18.2 Å². The third-order valence-electron chi connectivity index (χ3n) is 3.12. The van der Waals surface area contributed by atoms with Crippen molar-refractivity contribution in [1.29, 1.82) is 0 Å². The summed E-state index contributed by atoms with van der Waals surface area (Å²) in [5.41, 5.74) is 0.544. The summed E-state index contributed by atoms with van der Waals surface area (Å²) >= 11 is 6.12. The van der Waals surface area contributed by atoms with Gasteiger partial charge in [-0.05, 0) is 39.0 Å². The summed E-state index contributed by atoms with van der Waals surface area (Å²) in [6.45, 7) is 7.30. The number of carbonyl (C=O) groups is 2. The van der Waals surface area contributed by atoms with E-state index in [0.717, 1.165) is 0 Å². The van der Waals surface area contributed by atoms with Gasteiger partial charge in [0.1, 0.15) is 12.4 Å². The molecule has 1 rings (SSSR count). The fourth-order valence-electron chi connectivity index (χ4n) is 1.89. The summed E-state index contributed by atoms with van der Waals surface area (Å²) < 4.78 is 10.5. The first-order valence-corrected chi connectivity index (χ1v) is 7.97. The molecule has 0 aliphatic rings. The highest BCUT2D eigenvalue weighted by Gasteiger charge is 2.12. The first-order chi connectivity index (χ1) is 11.0. The van der Waals surface area contributed by atoms with Gasteiger partial charge in [0.25, 0.3) is 5.91 Å². The summed E-state index contributed by atoms with van der Waals surface area (Å²) in [5.74, 6) is 0.0448. The second-order valence-electron chi connectivity index (χ2n) is 4.69. The van der Waals surface area contributed by atoms with Crippen LogP contribution in [0.3, 0.4) is 0 Å². The molecule has 7 heteroatoms. The molecule has 0 aliphatic carbocycles. The molecule has 1 N–H and O–H groups in total. The van der Waals surface area contributed by atoms with Crippen LogP contribution in [0.25, 0.3) is 0 Å². The van der Waals surface area contributed by atoms with Gasteiger partial charge < -0.3 is 19.7 Å². The quantitative estimate of drug-likeness (QED) is 0.749. The van der Waals surface area contributed by atoms with E-state index in [1.165, 1.54) is 0 Å². The number of halogens is 1. The minimum Gasteiger partial charge on any atom is -0.482 e. The lowest BCUT2D eigenvalue weighted by Gasteiger charge is -2.19. The standard InChI is InChI=1S/C16H23ClN2O4/c1-4-19(5-2)16(21)11-23-14-8-7-12(9-13(14)17)18-15(20)10-22-6-3/h7-9H,4-6,10-11H2,1-3H3,(H,18,20). The van der Waals surface area contributed by atoms with E-state index in [-0.39, 0.29) is 25.0 Å². The summed E-state index contributed by atoms with van der Waals surface area (Å²) in [6, 6.07) is 4.85. The molecule has 23 heavy (non-hydrogen) atoms. The van der Waals surface area contributed by atoms with Gasteiger partial charge in [0.15, 0.2) is 6.61 Å². The first kappa shape index (κ1) is 19.3. The van der Waals surface area contributed by atoms with Crippen LogP contribution in [0.2, 0.25) is 5.02 Å². The van der Waals surface area contributed by atoms with Crippen molar-refractivity contribution in [3.8, 4) is 5.75 Å². The Balaban J connectivity index is 2.59. The predicted molar refractivity (Wildman–Crippen MR) is 90.0 cm³/mol. The van der Waals surface area contributed by atoms with Crippen LogP contribution < -0.4 is 10.1 Å². The minimum absolute atomic E-state index is 0.00918. The number of hydrogen-bond donors (Lipinski definition) is 1. The van der Waals surface area contributed by atoms with Crippen LogP contribution in [0, 0.1) is 0 Å². The normalized spacial score (nSPS) is 10.3. The lowest BCUT2D eigenvalue weighted by atomic mass is 10.3. The molecule has 0 aromatic heterocycles. The van der Waals surface area contributed by atoms with Crippen molar-refractivity contribution in [1.82, 2.24) is 4.90 Å². The molecule has 0 radical (unpaired) electrons. The average Bonchev–Trinajstić information content (AvgIpc) is 2.53. The van der Waals surface area contributed by atoms with Crippen molar-refractivity contribution in [3.05, 3.63) is 23.2 Å². The number of carbonyl (C=O) groups excluding carboxylic acids is 2. The van der Waals surface area contributed by atoms with E-state index in [4.69, 9.17) is 21.1 Å². The third-order valence-corrected chi connectivity index (χ3v) is 3.42. The monoisotopic (exact) mass is 342 g/mol. The number of amides is 2. The number of likely N-dealkylation sites (N-methyl/N-ethyl adjacent to an activating group) is 1. The number of hydrogen-bond acceptors (Lipinski definition) is 4. The molecule has 6 nitrogen and oxygen atoms in total. The first-order valence-electron chi connectivity index (χ1n) is 7.59. The van der Waals surface area contributed by atoms with Crippen molar-refractivity contribution >= 4 is 29.1 Å². The fraction of sp³-hybridized carbons (Fsp3) is 0.500. The van der Waals surface area contributed by atoms with Crippen molar-refractivity contribution < 1.29 is 19.1 Å². The molecule has 0 saturated heterocycles. The van der Waals surface area contributed by atoms with Crippen LogP contribution in [-0.2, 0) is 14.3 Å². The Morgan fingerprint density at radius 2 is 1.87 bits per heavy atom. The molecule has 1 aromatic carbocycles. The molecule has 0 aliphatic heterocycles. The zero-order valence-electron chi connectivity index (χ0n) is 13.7. The van der Waals surface area contributed by atoms with Crippen LogP contribution in [0.5, 0.6) is 5.75 Å². The summed E-state index contributed by atoms with van der Waals surface area (Å²) in [4.78, 5) is 25.1. The van der Waals surface area contributed by atoms with Gasteiger partial charge in [-0.3, -0.25) is 9.59 Å². The molecule has 0 fully saturated rings. The zero-order valence-corrected chi connectivity index (χ0v) is 14.5. The molecule has 0 saturated carbocycles. The van der Waals surface area contributed by atoms with Crippen molar-refractivity contribution in [3.63, 3.8) is 0 Å². The second kappa shape index (κ2) is 10.1. The van der Waals surface area contributed by atoms with Gasteiger partial charge in [0.05, 0.1) is 5.02 Å². The smallest absolute Gasteiger partial charge is 0.260 e. The Bertz CT molecular complexity index is 533. The largest absolute Gasteiger partial charge is 0.482 e. The molecule has 2 amide bonds. The Labute approximate surface area is 141 Å². The van der Waals surface area contributed by atoms with E-state index in [1.54, 1.807) is 23.1 Å². The summed E-state index contributed by atoms with van der Waals surface area (Å²) in [7, 11) is 0. The third kappa shape index (κ3) is 6.46. The summed E-state index contributed by atoms with van der Waals surface area (Å²) in [6.07, 6.45) is 0. The van der Waals surface area contributed by atoms with Gasteiger partial charge in [-0.15, -0.1) is 0 Å². The second-order valence-corrected chi connectivity index (χ2v) is 5.09. The van der Waals surface area contributed by atoms with Crippen LogP contribution in [0.4, 0.5) is 5.69 Å². The number of ether oxygens (including phenoxy) is 2. The number of anilines is 1. The lowest BCUT2D eigenvalue weighted by Crippen LogP contribution is -2.34. The Hall–Kier alpha value is -1.79. The predicted octanol–water partition coefficient (Wildman–Crippen LogP) is 2.56. The van der Waals surface area contributed by atoms with E-state index >= 15 is 0 Å². The topological polar surface area (TPSA) is 67.9 Å². The van der Waals surface area contributed by atoms with E-state index < -0.39 is 0 Å². The highest BCUT2D eigenvalue weighted by Crippen LogP contribution is 2.27. The Morgan fingerprint density at radius 1 is 1.17 bits per heavy atom. The zero-order chi connectivity index (χ0) is 17.2. The maximum Gasteiger partial charge on any atom is 0.260 e. The molecule has 0 bridgehead atoms. The van der Waals surface area contributed by atoms with E-state index in [0.29, 0.717) is 36.2 Å². The molecule has 0 atom stereocenters. The van der Waals surface area contributed by atoms with Gasteiger partial charge in [-0.1, -0.05) is 11.6 Å². The highest BCUT2D eigenvalue weighted by molar-refractivity contribution is 6.32. The van der Waals surface area contributed by atoms with Gasteiger partial charge in [-0.2, -0.15) is 0 Å². The Kier molecular flexibility index (Phi) is 8.43. The number of rotatable bonds is 9. The van der Waals surface area contributed by atoms with E-state index in [1.807, 2.05) is 20.8 Å². The van der Waals surface area contributed by atoms with Crippen molar-refractivity contribution in [2.45, 2.75) is 20.8 Å². The molecular weight excluding hydrogens is 320 g/mol. The highest BCUT2D eigenvalue weighted by atomic mass is 35.5. The number of nitrogens with zero attached hydrogens (tertiary/aromatic N) is 1. The lowest BCUT2D eigenvalue weighted by molar-refractivity contribution is -0.133. The molecular formula is C16H23ClN2O4. The van der Waals surface area contributed by atoms with Gasteiger partial charge in [-0.25, -0.2) is 0 Å². The van der Waals surface area contributed by atoms with Gasteiger partial charge in [0, 0.05) is 25.4 Å². The van der Waals surface area contributed by atoms with Crippen molar-refractivity contribution in [2.75, 3.05) is 38.2 Å². The molecule has 1 aromatic rings.